The van der Waals surface area contributed by atoms with Crippen LogP contribution in [0.3, 0.4) is 0 Å². The Hall–Kier alpha value is -2.30. The van der Waals surface area contributed by atoms with Gasteiger partial charge in [-0.15, -0.1) is 0 Å². The number of hydrogen-bond donors (Lipinski definition) is 0. The van der Waals surface area contributed by atoms with Crippen LogP contribution >= 0.6 is 31.9 Å². The minimum Gasteiger partial charge on any atom is -0.228 e. The maximum Gasteiger partial charge on any atom is 0.160 e. The van der Waals surface area contributed by atoms with E-state index in [0.29, 0.717) is 5.82 Å². The third-order valence-electron chi connectivity index (χ3n) is 4.54. The summed E-state index contributed by atoms with van der Waals surface area (Å²) in [5, 5.41) is 0. The van der Waals surface area contributed by atoms with E-state index in [0.717, 1.165) is 37.0 Å². The zero-order chi connectivity index (χ0) is 19.7. The number of nitrogens with zero attached hydrogens (tertiary/aromatic N) is 2. The van der Waals surface area contributed by atoms with E-state index in [1.165, 1.54) is 11.1 Å². The number of benzene rings is 3. The van der Waals surface area contributed by atoms with Gasteiger partial charge in [0.1, 0.15) is 0 Å². The zero-order valence-electron chi connectivity index (χ0n) is 15.6. The van der Waals surface area contributed by atoms with Crippen molar-refractivity contribution in [2.45, 2.75) is 13.8 Å². The van der Waals surface area contributed by atoms with E-state index in [2.05, 4.69) is 100 Å². The first-order valence-corrected chi connectivity index (χ1v) is 10.6. The van der Waals surface area contributed by atoms with Crippen molar-refractivity contribution in [1.82, 2.24) is 9.97 Å². The number of aromatic nitrogens is 2. The van der Waals surface area contributed by atoms with E-state index >= 15 is 0 Å². The lowest BCUT2D eigenvalue weighted by atomic mass is 10.0. The van der Waals surface area contributed by atoms with Crippen LogP contribution in [-0.4, -0.2) is 9.97 Å². The van der Waals surface area contributed by atoms with Crippen molar-refractivity contribution in [3.8, 4) is 33.9 Å². The molecule has 0 amide bonds. The molecule has 0 saturated carbocycles. The molecule has 0 N–H and O–H groups in total. The van der Waals surface area contributed by atoms with Crippen molar-refractivity contribution < 1.29 is 0 Å². The van der Waals surface area contributed by atoms with E-state index in [-0.39, 0.29) is 0 Å². The van der Waals surface area contributed by atoms with Gasteiger partial charge in [0.15, 0.2) is 5.82 Å². The minimum atomic E-state index is 0.704. The molecular formula is C24H18Br2N2. The molecule has 1 aromatic heterocycles. The molecule has 0 atom stereocenters. The Morgan fingerprint density at radius 2 is 0.964 bits per heavy atom. The summed E-state index contributed by atoms with van der Waals surface area (Å²) < 4.78 is 1.97. The van der Waals surface area contributed by atoms with Crippen LogP contribution in [-0.2, 0) is 0 Å². The molecule has 4 rings (SSSR count). The summed E-state index contributed by atoms with van der Waals surface area (Å²) in [7, 11) is 0. The highest BCUT2D eigenvalue weighted by atomic mass is 79.9. The molecule has 1 heterocycles. The molecule has 0 saturated heterocycles. The van der Waals surface area contributed by atoms with Gasteiger partial charge in [0, 0.05) is 25.6 Å². The molecule has 28 heavy (non-hydrogen) atoms. The number of rotatable bonds is 3. The van der Waals surface area contributed by atoms with E-state index in [4.69, 9.17) is 9.97 Å². The highest BCUT2D eigenvalue weighted by Crippen LogP contribution is 2.30. The summed E-state index contributed by atoms with van der Waals surface area (Å²) in [6, 6.07) is 25.0. The largest absolute Gasteiger partial charge is 0.228 e. The van der Waals surface area contributed by atoms with Crippen LogP contribution in [0.5, 0.6) is 0 Å². The fourth-order valence-corrected chi connectivity index (χ4v) is 4.30. The van der Waals surface area contributed by atoms with Crippen LogP contribution in [0.4, 0.5) is 0 Å². The second kappa shape index (κ2) is 7.98. The van der Waals surface area contributed by atoms with Gasteiger partial charge in [-0.2, -0.15) is 0 Å². The Balaban J connectivity index is 1.92. The fourth-order valence-electron chi connectivity index (χ4n) is 3.00. The summed E-state index contributed by atoms with van der Waals surface area (Å²) >= 11 is 7.14. The SMILES string of the molecule is Cc1ccc(-c2cc(-c3ccc(C)cc3)nc(-c3cc(Br)cc(Br)c3)n2)cc1. The Morgan fingerprint density at radius 3 is 1.39 bits per heavy atom. The molecular weight excluding hydrogens is 476 g/mol. The van der Waals surface area contributed by atoms with E-state index in [1.807, 2.05) is 18.2 Å². The van der Waals surface area contributed by atoms with E-state index in [1.54, 1.807) is 0 Å². The standard InChI is InChI=1S/C24H18Br2N2/c1-15-3-7-17(8-4-15)22-14-23(18-9-5-16(2)6-10-18)28-24(27-22)19-11-20(25)13-21(26)12-19/h3-14H,1-2H3. The maximum atomic E-state index is 4.88. The van der Waals surface area contributed by atoms with Gasteiger partial charge in [0.05, 0.1) is 11.4 Å². The Labute approximate surface area is 182 Å². The second-order valence-electron chi connectivity index (χ2n) is 6.85. The lowest BCUT2D eigenvalue weighted by Crippen LogP contribution is -1.96. The zero-order valence-corrected chi connectivity index (χ0v) is 18.8. The van der Waals surface area contributed by atoms with E-state index < -0.39 is 0 Å². The number of aryl methyl sites for hydroxylation is 2. The average molecular weight is 494 g/mol. The van der Waals surface area contributed by atoms with Crippen LogP contribution in [0.15, 0.2) is 81.7 Å². The van der Waals surface area contributed by atoms with Gasteiger partial charge in [0.2, 0.25) is 0 Å². The Kier molecular flexibility index (Phi) is 5.42. The highest BCUT2D eigenvalue weighted by molar-refractivity contribution is 9.11. The van der Waals surface area contributed by atoms with Crippen molar-refractivity contribution in [2.24, 2.45) is 0 Å². The normalized spacial score (nSPS) is 10.9. The highest BCUT2D eigenvalue weighted by Gasteiger charge is 2.11. The molecule has 0 radical (unpaired) electrons. The molecule has 138 valence electrons. The number of hydrogen-bond acceptors (Lipinski definition) is 2. The van der Waals surface area contributed by atoms with Gasteiger partial charge in [-0.05, 0) is 38.1 Å². The van der Waals surface area contributed by atoms with Crippen LogP contribution < -0.4 is 0 Å². The molecule has 0 bridgehead atoms. The smallest absolute Gasteiger partial charge is 0.160 e. The third kappa shape index (κ3) is 4.23. The predicted octanol–water partition coefficient (Wildman–Crippen LogP) is 7.62. The molecule has 0 aliphatic carbocycles. The molecule has 0 aliphatic rings. The predicted molar refractivity (Wildman–Crippen MR) is 123 cm³/mol. The van der Waals surface area contributed by atoms with Crippen LogP contribution in [0.2, 0.25) is 0 Å². The molecule has 0 fully saturated rings. The Morgan fingerprint density at radius 1 is 0.536 bits per heavy atom. The molecule has 4 aromatic rings. The fraction of sp³-hybridized carbons (Fsp3) is 0.0833. The first-order chi connectivity index (χ1) is 13.5. The molecule has 0 unspecified atom stereocenters. The summed E-state index contributed by atoms with van der Waals surface area (Å²) in [6.45, 7) is 4.18. The third-order valence-corrected chi connectivity index (χ3v) is 5.46. The molecule has 4 heteroatoms. The van der Waals surface area contributed by atoms with Crippen molar-refractivity contribution in [3.05, 3.63) is 92.9 Å². The monoisotopic (exact) mass is 492 g/mol. The van der Waals surface area contributed by atoms with Gasteiger partial charge in [-0.25, -0.2) is 9.97 Å². The van der Waals surface area contributed by atoms with Gasteiger partial charge in [-0.3, -0.25) is 0 Å². The topological polar surface area (TPSA) is 25.8 Å². The first kappa shape index (κ1) is 19.0. The van der Waals surface area contributed by atoms with Crippen LogP contribution in [0.25, 0.3) is 33.9 Å². The maximum absolute atomic E-state index is 4.88. The summed E-state index contributed by atoms with van der Waals surface area (Å²) in [5.74, 6) is 0.704. The minimum absolute atomic E-state index is 0.704. The second-order valence-corrected chi connectivity index (χ2v) is 8.68. The molecule has 2 nitrogen and oxygen atoms in total. The van der Waals surface area contributed by atoms with Gasteiger partial charge >= 0.3 is 0 Å². The summed E-state index contributed by atoms with van der Waals surface area (Å²) in [6.07, 6.45) is 0. The number of halogens is 2. The summed E-state index contributed by atoms with van der Waals surface area (Å²) in [4.78, 5) is 9.75. The van der Waals surface area contributed by atoms with Crippen molar-refractivity contribution >= 4 is 31.9 Å². The lowest BCUT2D eigenvalue weighted by molar-refractivity contribution is 1.18. The van der Waals surface area contributed by atoms with Gasteiger partial charge in [-0.1, -0.05) is 91.5 Å². The van der Waals surface area contributed by atoms with Crippen LogP contribution in [0, 0.1) is 13.8 Å². The van der Waals surface area contributed by atoms with Gasteiger partial charge < -0.3 is 0 Å². The van der Waals surface area contributed by atoms with Crippen molar-refractivity contribution in [1.29, 1.82) is 0 Å². The first-order valence-electron chi connectivity index (χ1n) is 8.97. The van der Waals surface area contributed by atoms with Crippen molar-refractivity contribution in [3.63, 3.8) is 0 Å². The van der Waals surface area contributed by atoms with Crippen molar-refractivity contribution in [2.75, 3.05) is 0 Å². The quantitative estimate of drug-likeness (QED) is 0.293. The Bertz CT molecular complexity index is 1050. The molecule has 0 aliphatic heterocycles. The van der Waals surface area contributed by atoms with Gasteiger partial charge in [0.25, 0.3) is 0 Å². The average Bonchev–Trinajstić information content (AvgIpc) is 2.68. The molecule has 0 spiro atoms. The lowest BCUT2D eigenvalue weighted by Gasteiger charge is -2.10. The summed E-state index contributed by atoms with van der Waals surface area (Å²) in [5.41, 5.74) is 7.41. The van der Waals surface area contributed by atoms with Crippen LogP contribution in [0.1, 0.15) is 11.1 Å². The molecule has 3 aromatic carbocycles. The van der Waals surface area contributed by atoms with E-state index in [9.17, 15) is 0 Å².